The number of hydrogen-bond donors (Lipinski definition) is 1. The Balaban J connectivity index is 1.93. The molecule has 0 spiro atoms. The van der Waals surface area contributed by atoms with E-state index in [0.717, 1.165) is 40.7 Å². The number of rotatable bonds is 2. The molecule has 0 saturated carbocycles. The molecule has 2 N–H and O–H groups in total. The van der Waals surface area contributed by atoms with Crippen LogP contribution in [0.4, 0.5) is 5.69 Å². The molecule has 0 aliphatic carbocycles. The number of pyridine rings is 1. The molecule has 1 aliphatic rings. The normalized spacial score (nSPS) is 26.0. The van der Waals surface area contributed by atoms with E-state index in [1.807, 2.05) is 31.3 Å². The van der Waals surface area contributed by atoms with Gasteiger partial charge in [-0.2, -0.15) is 0 Å². The van der Waals surface area contributed by atoms with Crippen LogP contribution in [0.2, 0.25) is 0 Å². The zero-order valence-corrected chi connectivity index (χ0v) is 12.8. The van der Waals surface area contributed by atoms with Crippen molar-refractivity contribution in [2.24, 2.45) is 0 Å². The molecule has 0 bridgehead atoms. The molecule has 1 aliphatic heterocycles. The Hall–Kier alpha value is -1.81. The van der Waals surface area contributed by atoms with Crippen molar-refractivity contribution in [3.8, 4) is 5.75 Å². The van der Waals surface area contributed by atoms with E-state index in [0.29, 0.717) is 0 Å². The third-order valence-corrected chi connectivity index (χ3v) is 3.98. The second-order valence-corrected chi connectivity index (χ2v) is 5.99. The lowest BCUT2D eigenvalue weighted by atomic mass is 10.0. The molecule has 2 heterocycles. The Bertz CT molecular complexity index is 647. The van der Waals surface area contributed by atoms with Gasteiger partial charge in [0.1, 0.15) is 11.9 Å². The van der Waals surface area contributed by atoms with Crippen molar-refractivity contribution in [2.45, 2.75) is 51.9 Å². The Morgan fingerprint density at radius 2 is 1.90 bits per heavy atom. The number of fused-ring (bicyclic) bond motifs is 1. The minimum atomic E-state index is 0.184. The molecule has 1 saturated heterocycles. The fourth-order valence-electron chi connectivity index (χ4n) is 3.06. The van der Waals surface area contributed by atoms with Crippen molar-refractivity contribution in [1.82, 2.24) is 4.98 Å². The maximum Gasteiger partial charge on any atom is 0.127 e. The molecule has 1 fully saturated rings. The molecule has 2 unspecified atom stereocenters. The van der Waals surface area contributed by atoms with Crippen molar-refractivity contribution in [1.29, 1.82) is 0 Å². The van der Waals surface area contributed by atoms with Crippen LogP contribution in [-0.4, -0.2) is 23.3 Å². The quantitative estimate of drug-likeness (QED) is 0.859. The van der Waals surface area contributed by atoms with Crippen LogP contribution in [0.25, 0.3) is 10.8 Å². The second kappa shape index (κ2) is 5.53. The Labute approximate surface area is 125 Å². The molecule has 3 rings (SSSR count). The summed E-state index contributed by atoms with van der Waals surface area (Å²) >= 11 is 0. The summed E-state index contributed by atoms with van der Waals surface area (Å²) in [6, 6.07) is 5.88. The maximum atomic E-state index is 6.26. The fraction of sp³-hybridized carbons (Fsp3) is 0.471. The van der Waals surface area contributed by atoms with E-state index in [2.05, 4.69) is 18.8 Å². The van der Waals surface area contributed by atoms with Gasteiger partial charge in [0.25, 0.3) is 0 Å². The van der Waals surface area contributed by atoms with E-state index in [4.69, 9.17) is 15.2 Å². The molecular weight excluding hydrogens is 264 g/mol. The van der Waals surface area contributed by atoms with Gasteiger partial charge in [-0.3, -0.25) is 4.98 Å². The van der Waals surface area contributed by atoms with E-state index in [1.54, 1.807) is 0 Å². The first-order valence-electron chi connectivity index (χ1n) is 7.50. The molecule has 1 aromatic heterocycles. The Morgan fingerprint density at radius 1 is 1.19 bits per heavy atom. The number of nitrogens with two attached hydrogens (primary N) is 1. The summed E-state index contributed by atoms with van der Waals surface area (Å²) in [7, 11) is 0. The average molecular weight is 286 g/mol. The highest BCUT2D eigenvalue weighted by Crippen LogP contribution is 2.33. The van der Waals surface area contributed by atoms with Crippen LogP contribution in [0.3, 0.4) is 0 Å². The molecule has 112 valence electrons. The number of nitrogen functional groups attached to an aromatic ring is 1. The number of nitrogens with zero attached hydrogens (tertiary/aromatic N) is 1. The molecule has 0 radical (unpaired) electrons. The molecule has 2 aromatic rings. The fourth-order valence-corrected chi connectivity index (χ4v) is 3.06. The monoisotopic (exact) mass is 286 g/mol. The van der Waals surface area contributed by atoms with Crippen molar-refractivity contribution in [2.75, 3.05) is 5.73 Å². The summed E-state index contributed by atoms with van der Waals surface area (Å²) in [5.41, 5.74) is 7.74. The van der Waals surface area contributed by atoms with Gasteiger partial charge in [0.15, 0.2) is 0 Å². The van der Waals surface area contributed by atoms with E-state index >= 15 is 0 Å². The minimum absolute atomic E-state index is 0.184. The first kappa shape index (κ1) is 14.1. The van der Waals surface area contributed by atoms with Crippen LogP contribution in [0.5, 0.6) is 5.75 Å². The number of ether oxygens (including phenoxy) is 2. The highest BCUT2D eigenvalue weighted by atomic mass is 16.5. The molecule has 0 amide bonds. The number of aryl methyl sites for hydroxylation is 1. The molecule has 4 heteroatoms. The molecular formula is C17H22N2O2. The lowest BCUT2D eigenvalue weighted by Gasteiger charge is -2.32. The Kier molecular flexibility index (Phi) is 3.72. The van der Waals surface area contributed by atoms with Crippen LogP contribution in [0.15, 0.2) is 24.4 Å². The van der Waals surface area contributed by atoms with Crippen LogP contribution in [0, 0.1) is 6.92 Å². The average Bonchev–Trinajstić information content (AvgIpc) is 2.41. The zero-order chi connectivity index (χ0) is 15.0. The van der Waals surface area contributed by atoms with Crippen LogP contribution in [0.1, 0.15) is 32.4 Å². The topological polar surface area (TPSA) is 57.4 Å². The van der Waals surface area contributed by atoms with E-state index in [-0.39, 0.29) is 18.3 Å². The van der Waals surface area contributed by atoms with Crippen molar-refractivity contribution < 1.29 is 9.47 Å². The SMILES string of the molecule is Cc1cc2c(OC3CC(C)OC(C)C3)ccc(N)c2cn1. The lowest BCUT2D eigenvalue weighted by molar-refractivity contribution is -0.0718. The first-order valence-corrected chi connectivity index (χ1v) is 7.50. The summed E-state index contributed by atoms with van der Waals surface area (Å²) in [5.74, 6) is 0.885. The van der Waals surface area contributed by atoms with Gasteiger partial charge in [0.2, 0.25) is 0 Å². The highest BCUT2D eigenvalue weighted by molar-refractivity contribution is 5.96. The number of aromatic nitrogens is 1. The lowest BCUT2D eigenvalue weighted by Crippen LogP contribution is -2.35. The second-order valence-electron chi connectivity index (χ2n) is 5.99. The number of benzene rings is 1. The van der Waals surface area contributed by atoms with Crippen molar-refractivity contribution in [3.05, 3.63) is 30.1 Å². The van der Waals surface area contributed by atoms with Crippen LogP contribution >= 0.6 is 0 Å². The smallest absolute Gasteiger partial charge is 0.127 e. The first-order chi connectivity index (χ1) is 10.0. The van der Waals surface area contributed by atoms with Gasteiger partial charge < -0.3 is 15.2 Å². The van der Waals surface area contributed by atoms with Gasteiger partial charge in [-0.1, -0.05) is 0 Å². The number of anilines is 1. The predicted molar refractivity (Wildman–Crippen MR) is 84.6 cm³/mol. The molecule has 4 nitrogen and oxygen atoms in total. The van der Waals surface area contributed by atoms with E-state index < -0.39 is 0 Å². The van der Waals surface area contributed by atoms with E-state index in [1.165, 1.54) is 0 Å². The Morgan fingerprint density at radius 3 is 2.62 bits per heavy atom. The number of hydrogen-bond acceptors (Lipinski definition) is 4. The molecule has 1 aromatic carbocycles. The van der Waals surface area contributed by atoms with Gasteiger partial charge >= 0.3 is 0 Å². The summed E-state index contributed by atoms with van der Waals surface area (Å²) in [6.45, 7) is 6.17. The van der Waals surface area contributed by atoms with Crippen molar-refractivity contribution in [3.63, 3.8) is 0 Å². The largest absolute Gasteiger partial charge is 0.490 e. The predicted octanol–water partition coefficient (Wildman–Crippen LogP) is 3.46. The van der Waals surface area contributed by atoms with Crippen LogP contribution in [-0.2, 0) is 4.74 Å². The maximum absolute atomic E-state index is 6.26. The van der Waals surface area contributed by atoms with Gasteiger partial charge in [-0.25, -0.2) is 0 Å². The standard InChI is InChI=1S/C17H22N2O2/c1-10-6-14-15(9-19-10)16(18)4-5-17(14)21-13-7-11(2)20-12(3)8-13/h4-6,9,11-13H,7-8,18H2,1-3H3. The summed E-state index contributed by atoms with van der Waals surface area (Å²) in [5, 5.41) is 1.99. The van der Waals surface area contributed by atoms with Crippen LogP contribution < -0.4 is 10.5 Å². The highest BCUT2D eigenvalue weighted by Gasteiger charge is 2.26. The van der Waals surface area contributed by atoms with Gasteiger partial charge in [0, 0.05) is 41.2 Å². The third-order valence-electron chi connectivity index (χ3n) is 3.98. The molecule has 21 heavy (non-hydrogen) atoms. The summed E-state index contributed by atoms with van der Waals surface area (Å²) in [4.78, 5) is 4.32. The zero-order valence-electron chi connectivity index (χ0n) is 12.8. The molecule has 2 atom stereocenters. The summed E-state index contributed by atoms with van der Waals surface area (Å²) < 4.78 is 12.0. The summed E-state index contributed by atoms with van der Waals surface area (Å²) in [6.07, 6.45) is 4.32. The van der Waals surface area contributed by atoms with Gasteiger partial charge in [-0.15, -0.1) is 0 Å². The van der Waals surface area contributed by atoms with Gasteiger partial charge in [-0.05, 0) is 39.0 Å². The van der Waals surface area contributed by atoms with Crippen molar-refractivity contribution >= 4 is 16.5 Å². The van der Waals surface area contributed by atoms with Gasteiger partial charge in [0.05, 0.1) is 12.2 Å². The van der Waals surface area contributed by atoms with E-state index in [9.17, 15) is 0 Å². The third kappa shape index (κ3) is 2.95. The minimum Gasteiger partial charge on any atom is -0.490 e.